The average molecular weight is 356 g/mol. The third-order valence-electron chi connectivity index (χ3n) is 4.11. The highest BCUT2D eigenvalue weighted by Gasteiger charge is 2.33. The van der Waals surface area contributed by atoms with Gasteiger partial charge in [0.05, 0.1) is 0 Å². The molecule has 2 aromatic rings. The lowest BCUT2D eigenvalue weighted by molar-refractivity contribution is 0.0733. The van der Waals surface area contributed by atoms with Crippen molar-refractivity contribution < 1.29 is 9.32 Å². The minimum Gasteiger partial charge on any atom is -0.355 e. The first-order valence-corrected chi connectivity index (χ1v) is 7.70. The van der Waals surface area contributed by atoms with Crippen molar-refractivity contribution >= 4 is 29.9 Å². The number of aromatic nitrogens is 1. The molecule has 0 radical (unpaired) electrons. The van der Waals surface area contributed by atoms with Gasteiger partial charge in [0.1, 0.15) is 0 Å². The number of hydrogen-bond acceptors (Lipinski definition) is 4. The van der Waals surface area contributed by atoms with Crippen LogP contribution in [0.5, 0.6) is 0 Å². The van der Waals surface area contributed by atoms with Crippen LogP contribution in [-0.2, 0) is 0 Å². The number of benzene rings is 1. The minimum atomic E-state index is -0.104. The predicted octanol–water partition coefficient (Wildman–Crippen LogP) is 3.23. The lowest BCUT2D eigenvalue weighted by Gasteiger charge is -2.19. The molecule has 1 saturated heterocycles. The van der Waals surface area contributed by atoms with Crippen molar-refractivity contribution in [2.24, 2.45) is 11.7 Å². The van der Waals surface area contributed by atoms with Crippen LogP contribution < -0.4 is 5.73 Å². The van der Waals surface area contributed by atoms with Crippen molar-refractivity contribution in [2.45, 2.75) is 19.4 Å². The maximum absolute atomic E-state index is 12.6. The molecule has 2 atom stereocenters. The Labute approximate surface area is 146 Å². The van der Waals surface area contributed by atoms with Crippen molar-refractivity contribution in [1.29, 1.82) is 0 Å². The Balaban J connectivity index is 0.00000192. The number of carbonyl (C=O) groups excluding carboxylic acids is 1. The molecule has 2 unspecified atom stereocenters. The summed E-state index contributed by atoms with van der Waals surface area (Å²) in [5, 5.41) is 4.57. The molecule has 1 fully saturated rings. The van der Waals surface area contributed by atoms with Gasteiger partial charge in [0, 0.05) is 29.2 Å². The molecule has 3 rings (SSSR count). The maximum Gasteiger partial charge on any atom is 0.276 e. The van der Waals surface area contributed by atoms with Crippen molar-refractivity contribution in [3.8, 4) is 11.3 Å². The van der Waals surface area contributed by atoms with E-state index in [1.165, 1.54) is 0 Å². The second-order valence-electron chi connectivity index (χ2n) is 5.73. The lowest BCUT2D eigenvalue weighted by atomic mass is 10.1. The number of nitrogens with zero attached hydrogens (tertiary/aromatic N) is 2. The number of likely N-dealkylation sites (tertiary alicyclic amines) is 1. The minimum absolute atomic E-state index is 0. The normalized spacial score (nSPS) is 20.4. The number of halogens is 2. The van der Waals surface area contributed by atoms with Crippen molar-refractivity contribution in [3.05, 3.63) is 41.0 Å². The van der Waals surface area contributed by atoms with Gasteiger partial charge in [-0.25, -0.2) is 0 Å². The first-order chi connectivity index (χ1) is 10.6. The van der Waals surface area contributed by atoms with E-state index < -0.39 is 0 Å². The predicted molar refractivity (Wildman–Crippen MR) is 91.9 cm³/mol. The molecule has 0 spiro atoms. The summed E-state index contributed by atoms with van der Waals surface area (Å²) in [6.07, 6.45) is 0.935. The molecule has 7 heteroatoms. The van der Waals surface area contributed by atoms with Crippen LogP contribution in [0.15, 0.2) is 34.9 Å². The standard InChI is InChI=1S/C16H18ClN3O2.ClH/c1-10-6-11(8-18)9-20(10)16(21)14-7-15(22-19-14)12-2-4-13(17)5-3-12;/h2-5,7,10-11H,6,8-9,18H2,1H3;1H. The van der Waals surface area contributed by atoms with Gasteiger partial charge in [0.25, 0.3) is 5.91 Å². The van der Waals surface area contributed by atoms with E-state index >= 15 is 0 Å². The molecule has 2 heterocycles. The monoisotopic (exact) mass is 355 g/mol. The van der Waals surface area contributed by atoms with Gasteiger partial charge < -0.3 is 15.2 Å². The first kappa shape index (κ1) is 17.8. The summed E-state index contributed by atoms with van der Waals surface area (Å²) in [7, 11) is 0. The van der Waals surface area contributed by atoms with Crippen LogP contribution in [0, 0.1) is 5.92 Å². The van der Waals surface area contributed by atoms with Gasteiger partial charge in [-0.1, -0.05) is 16.8 Å². The zero-order valence-corrected chi connectivity index (χ0v) is 14.3. The smallest absolute Gasteiger partial charge is 0.276 e. The number of hydrogen-bond donors (Lipinski definition) is 1. The highest BCUT2D eigenvalue weighted by atomic mass is 35.5. The first-order valence-electron chi connectivity index (χ1n) is 7.32. The number of carbonyl (C=O) groups is 1. The molecule has 1 aliphatic rings. The third-order valence-corrected chi connectivity index (χ3v) is 4.37. The summed E-state index contributed by atoms with van der Waals surface area (Å²) >= 11 is 5.87. The highest BCUT2D eigenvalue weighted by molar-refractivity contribution is 6.30. The quantitative estimate of drug-likeness (QED) is 0.917. The molecule has 2 N–H and O–H groups in total. The molecule has 1 amide bonds. The van der Waals surface area contributed by atoms with E-state index in [-0.39, 0.29) is 24.4 Å². The zero-order chi connectivity index (χ0) is 15.7. The fourth-order valence-electron chi connectivity index (χ4n) is 2.87. The lowest BCUT2D eigenvalue weighted by Crippen LogP contribution is -2.34. The SMILES string of the molecule is CC1CC(CN)CN1C(=O)c1cc(-c2ccc(Cl)cc2)on1.Cl. The Morgan fingerprint density at radius 3 is 2.74 bits per heavy atom. The van der Waals surface area contributed by atoms with Gasteiger partial charge >= 0.3 is 0 Å². The van der Waals surface area contributed by atoms with Gasteiger partial charge in [0.15, 0.2) is 11.5 Å². The summed E-state index contributed by atoms with van der Waals surface area (Å²) in [5.41, 5.74) is 6.87. The summed E-state index contributed by atoms with van der Waals surface area (Å²) in [4.78, 5) is 14.4. The fraction of sp³-hybridized carbons (Fsp3) is 0.375. The summed E-state index contributed by atoms with van der Waals surface area (Å²) < 4.78 is 5.29. The van der Waals surface area contributed by atoms with E-state index in [2.05, 4.69) is 5.16 Å². The third kappa shape index (κ3) is 3.68. The Kier molecular flexibility index (Phi) is 5.68. The largest absolute Gasteiger partial charge is 0.355 e. The van der Waals surface area contributed by atoms with E-state index in [0.717, 1.165) is 12.0 Å². The summed E-state index contributed by atoms with van der Waals surface area (Å²) in [6, 6.07) is 9.07. The second-order valence-corrected chi connectivity index (χ2v) is 6.16. The zero-order valence-electron chi connectivity index (χ0n) is 12.7. The summed E-state index contributed by atoms with van der Waals surface area (Å²) in [5.74, 6) is 0.816. The maximum atomic E-state index is 12.6. The van der Waals surface area contributed by atoms with E-state index in [0.29, 0.717) is 35.5 Å². The van der Waals surface area contributed by atoms with E-state index in [4.69, 9.17) is 21.9 Å². The molecule has 5 nitrogen and oxygen atoms in total. The molecule has 1 aromatic carbocycles. The average Bonchev–Trinajstić information content (AvgIpc) is 3.14. The topological polar surface area (TPSA) is 72.4 Å². The van der Waals surface area contributed by atoms with Gasteiger partial charge in [0.2, 0.25) is 0 Å². The van der Waals surface area contributed by atoms with Gasteiger partial charge in [-0.3, -0.25) is 4.79 Å². The van der Waals surface area contributed by atoms with Crippen LogP contribution in [0.3, 0.4) is 0 Å². The van der Waals surface area contributed by atoms with E-state index in [1.807, 2.05) is 24.0 Å². The molecule has 0 saturated carbocycles. The van der Waals surface area contributed by atoms with Crippen LogP contribution in [0.25, 0.3) is 11.3 Å². The Hall–Kier alpha value is -1.56. The molecule has 1 aliphatic heterocycles. The molecule has 0 aliphatic carbocycles. The van der Waals surface area contributed by atoms with Crippen LogP contribution in [0.4, 0.5) is 0 Å². The molecular formula is C16H19Cl2N3O2. The Bertz CT molecular complexity index is 672. The molecular weight excluding hydrogens is 337 g/mol. The van der Waals surface area contributed by atoms with Crippen LogP contribution >= 0.6 is 24.0 Å². The fourth-order valence-corrected chi connectivity index (χ4v) is 3.00. The van der Waals surface area contributed by atoms with Crippen molar-refractivity contribution in [3.63, 3.8) is 0 Å². The Morgan fingerprint density at radius 2 is 2.13 bits per heavy atom. The second kappa shape index (κ2) is 7.34. The number of rotatable bonds is 3. The number of nitrogens with two attached hydrogens (primary N) is 1. The molecule has 1 aromatic heterocycles. The van der Waals surface area contributed by atoms with Crippen molar-refractivity contribution in [1.82, 2.24) is 10.1 Å². The molecule has 23 heavy (non-hydrogen) atoms. The van der Waals surface area contributed by atoms with Crippen LogP contribution in [-0.4, -0.2) is 35.1 Å². The van der Waals surface area contributed by atoms with Crippen LogP contribution in [0.2, 0.25) is 5.02 Å². The Morgan fingerprint density at radius 1 is 1.43 bits per heavy atom. The number of amides is 1. The van der Waals surface area contributed by atoms with Crippen molar-refractivity contribution in [2.75, 3.05) is 13.1 Å². The highest BCUT2D eigenvalue weighted by Crippen LogP contribution is 2.26. The van der Waals surface area contributed by atoms with E-state index in [1.54, 1.807) is 18.2 Å². The summed E-state index contributed by atoms with van der Waals surface area (Å²) in [6.45, 7) is 3.32. The molecule has 124 valence electrons. The van der Waals surface area contributed by atoms with Gasteiger partial charge in [-0.2, -0.15) is 0 Å². The molecule has 0 bridgehead atoms. The van der Waals surface area contributed by atoms with Gasteiger partial charge in [-0.15, -0.1) is 12.4 Å². The van der Waals surface area contributed by atoms with E-state index in [9.17, 15) is 4.79 Å². The van der Waals surface area contributed by atoms with Gasteiger partial charge in [-0.05, 0) is 50.1 Å². The van der Waals surface area contributed by atoms with Crippen LogP contribution in [0.1, 0.15) is 23.8 Å².